The van der Waals surface area contributed by atoms with E-state index in [2.05, 4.69) is 4.98 Å². The number of ether oxygens (including phenoxy) is 1. The summed E-state index contributed by atoms with van der Waals surface area (Å²) in [6.07, 6.45) is 2.34. The average molecular weight is 571 g/mol. The topological polar surface area (TPSA) is 132 Å². The minimum Gasteiger partial charge on any atom is -0.451 e. The summed E-state index contributed by atoms with van der Waals surface area (Å²) in [4.78, 5) is 16.4. The highest BCUT2D eigenvalue weighted by atomic mass is 35.5. The molecule has 2 aromatic carbocycles. The lowest BCUT2D eigenvalue weighted by Gasteiger charge is -2.27. The molecule has 0 bridgehead atoms. The molecule has 0 aliphatic carbocycles. The Bertz CT molecular complexity index is 1330. The van der Waals surface area contributed by atoms with E-state index in [9.17, 15) is 27.1 Å². The van der Waals surface area contributed by atoms with Crippen molar-refractivity contribution < 1.29 is 37.0 Å². The molecule has 0 spiro atoms. The first-order chi connectivity index (χ1) is 18.0. The lowest BCUT2D eigenvalue weighted by Crippen LogP contribution is -2.45. The summed E-state index contributed by atoms with van der Waals surface area (Å²) in [7, 11) is -3.10. The van der Waals surface area contributed by atoms with Gasteiger partial charge in [-0.3, -0.25) is 19.9 Å². The molecule has 1 unspecified atom stereocenters. The van der Waals surface area contributed by atoms with Crippen LogP contribution in [0, 0.1) is 11.6 Å². The number of nitrogens with one attached hydrogen (secondary N) is 1. The number of likely N-dealkylation sites (N-methyl/N-ethyl adjacent to an activating group) is 1. The molecule has 1 amide bonds. The van der Waals surface area contributed by atoms with Gasteiger partial charge in [0.05, 0.1) is 11.4 Å². The highest BCUT2D eigenvalue weighted by molar-refractivity contribution is 7.89. The molecule has 0 saturated heterocycles. The van der Waals surface area contributed by atoms with Gasteiger partial charge in [-0.2, -0.15) is 4.31 Å². The number of benzene rings is 2. The molecule has 14 heteroatoms. The molecule has 10 nitrogen and oxygen atoms in total. The van der Waals surface area contributed by atoms with Crippen molar-refractivity contribution in [1.29, 1.82) is 0 Å². The molecule has 0 aliphatic rings. The molecular formula is C24H25ClF2N4O6S. The van der Waals surface area contributed by atoms with Crippen LogP contribution in [-0.4, -0.2) is 71.7 Å². The van der Waals surface area contributed by atoms with Gasteiger partial charge in [-0.05, 0) is 61.1 Å². The number of nitrogens with zero attached hydrogens (tertiary/aromatic N) is 3. The van der Waals surface area contributed by atoms with E-state index in [1.54, 1.807) is 24.5 Å². The molecular weight excluding hydrogens is 546 g/mol. The minimum atomic E-state index is -4.63. The monoisotopic (exact) mass is 570 g/mol. The molecule has 1 aromatic heterocycles. The quantitative estimate of drug-likeness (QED) is 0.172. The van der Waals surface area contributed by atoms with E-state index in [1.807, 2.05) is 0 Å². The van der Waals surface area contributed by atoms with Crippen molar-refractivity contribution in [2.24, 2.45) is 0 Å². The van der Waals surface area contributed by atoms with Gasteiger partial charge in [-0.1, -0.05) is 11.6 Å². The Labute approximate surface area is 223 Å². The van der Waals surface area contributed by atoms with E-state index in [-0.39, 0.29) is 25.3 Å². The SMILES string of the molecule is CN(CCN(CC(=O)NO)S(=O)(=O)c1cc(F)c(Oc2ccc(Cl)cc2)c(F)c1)C(O)Cc1ccncc1. The number of hydrogen-bond acceptors (Lipinski definition) is 8. The first-order valence-electron chi connectivity index (χ1n) is 11.1. The van der Waals surface area contributed by atoms with Gasteiger partial charge in [0.15, 0.2) is 17.4 Å². The molecule has 3 rings (SSSR count). The predicted octanol–water partition coefficient (Wildman–Crippen LogP) is 2.79. The van der Waals surface area contributed by atoms with Crippen LogP contribution in [0.5, 0.6) is 11.5 Å². The second-order valence-corrected chi connectivity index (χ2v) is 10.5. The van der Waals surface area contributed by atoms with Gasteiger partial charge in [-0.25, -0.2) is 22.7 Å². The Balaban J connectivity index is 1.79. The first-order valence-corrected chi connectivity index (χ1v) is 13.0. The molecule has 0 aliphatic heterocycles. The molecule has 0 fully saturated rings. The molecule has 3 N–H and O–H groups in total. The molecule has 38 heavy (non-hydrogen) atoms. The second-order valence-electron chi connectivity index (χ2n) is 8.17. The standard InChI is InChI=1S/C24H25ClF2N4O6S/c1-30(23(33)12-16-6-8-28-9-7-16)10-11-31(15-22(32)29-34)38(35,36)19-13-20(26)24(21(27)14-19)37-18-4-2-17(25)3-5-18/h2-9,13-14,23,33-34H,10-12,15H2,1H3,(H,29,32). The zero-order valence-corrected chi connectivity index (χ0v) is 21.7. The van der Waals surface area contributed by atoms with Gasteiger partial charge in [0.2, 0.25) is 10.0 Å². The van der Waals surface area contributed by atoms with Crippen molar-refractivity contribution in [3.63, 3.8) is 0 Å². The largest absolute Gasteiger partial charge is 0.451 e. The van der Waals surface area contributed by atoms with Crippen molar-refractivity contribution in [3.05, 3.63) is 83.1 Å². The van der Waals surface area contributed by atoms with Gasteiger partial charge >= 0.3 is 0 Å². The van der Waals surface area contributed by atoms with Crippen LogP contribution in [0.3, 0.4) is 0 Å². The number of sulfonamides is 1. The highest BCUT2D eigenvalue weighted by Gasteiger charge is 2.30. The number of amides is 1. The van der Waals surface area contributed by atoms with Crippen molar-refractivity contribution in [3.8, 4) is 11.5 Å². The number of hydrogen-bond donors (Lipinski definition) is 3. The van der Waals surface area contributed by atoms with Crippen LogP contribution in [0.2, 0.25) is 5.02 Å². The Kier molecular flexibility index (Phi) is 10.1. The smallest absolute Gasteiger partial charge is 0.258 e. The summed E-state index contributed by atoms with van der Waals surface area (Å²) in [6.45, 7) is -1.27. The molecule has 1 heterocycles. The van der Waals surface area contributed by atoms with Crippen LogP contribution >= 0.6 is 11.6 Å². The van der Waals surface area contributed by atoms with Crippen LogP contribution in [0.4, 0.5) is 8.78 Å². The van der Waals surface area contributed by atoms with Crippen LogP contribution in [0.1, 0.15) is 5.56 Å². The molecule has 1 atom stereocenters. The summed E-state index contributed by atoms with van der Waals surface area (Å²) in [5, 5.41) is 19.8. The predicted molar refractivity (Wildman–Crippen MR) is 133 cm³/mol. The molecule has 0 saturated carbocycles. The number of carbonyl (C=O) groups is 1. The lowest BCUT2D eigenvalue weighted by atomic mass is 10.2. The van der Waals surface area contributed by atoms with Gasteiger partial charge < -0.3 is 9.84 Å². The van der Waals surface area contributed by atoms with E-state index in [1.165, 1.54) is 41.7 Å². The number of carbonyl (C=O) groups excluding carboxylic acids is 1. The zero-order chi connectivity index (χ0) is 27.9. The maximum absolute atomic E-state index is 14.8. The number of aliphatic hydroxyl groups is 1. The van der Waals surface area contributed by atoms with Gasteiger partial charge in [0, 0.05) is 36.9 Å². The lowest BCUT2D eigenvalue weighted by molar-refractivity contribution is -0.129. The van der Waals surface area contributed by atoms with Crippen LogP contribution in [0.25, 0.3) is 0 Å². The van der Waals surface area contributed by atoms with E-state index in [0.29, 0.717) is 21.5 Å². The van der Waals surface area contributed by atoms with Crippen LogP contribution in [-0.2, 0) is 21.2 Å². The summed E-state index contributed by atoms with van der Waals surface area (Å²) >= 11 is 5.78. The maximum Gasteiger partial charge on any atom is 0.258 e. The van der Waals surface area contributed by atoms with Crippen molar-refractivity contribution in [2.45, 2.75) is 17.5 Å². The van der Waals surface area contributed by atoms with Gasteiger partial charge in [0.1, 0.15) is 12.0 Å². The van der Waals surface area contributed by atoms with Crippen LogP contribution < -0.4 is 10.2 Å². The molecule has 0 radical (unpaired) electrons. The number of aliphatic hydroxyl groups excluding tert-OH is 1. The Hall–Kier alpha value is -3.20. The minimum absolute atomic E-state index is 0.0626. The first kappa shape index (κ1) is 29.4. The number of aromatic nitrogens is 1. The maximum atomic E-state index is 14.8. The Morgan fingerprint density at radius 3 is 2.29 bits per heavy atom. The van der Waals surface area contributed by atoms with E-state index in [4.69, 9.17) is 21.5 Å². The Morgan fingerprint density at radius 1 is 1.11 bits per heavy atom. The highest BCUT2D eigenvalue weighted by Crippen LogP contribution is 2.31. The third-order valence-electron chi connectivity index (χ3n) is 5.47. The second kappa shape index (κ2) is 13.0. The molecule has 3 aromatic rings. The summed E-state index contributed by atoms with van der Waals surface area (Å²) < 4.78 is 61.9. The van der Waals surface area contributed by atoms with E-state index >= 15 is 0 Å². The molecule has 204 valence electrons. The number of pyridine rings is 1. The fourth-order valence-electron chi connectivity index (χ4n) is 3.34. The fourth-order valence-corrected chi connectivity index (χ4v) is 4.87. The summed E-state index contributed by atoms with van der Waals surface area (Å²) in [5.74, 6) is -4.43. The summed E-state index contributed by atoms with van der Waals surface area (Å²) in [5.41, 5.74) is 2.12. The number of hydroxylamine groups is 1. The fraction of sp³-hybridized carbons (Fsp3) is 0.250. The number of rotatable bonds is 12. The Morgan fingerprint density at radius 2 is 1.71 bits per heavy atom. The van der Waals surface area contributed by atoms with Crippen molar-refractivity contribution in [1.82, 2.24) is 19.7 Å². The average Bonchev–Trinajstić information content (AvgIpc) is 2.89. The third kappa shape index (κ3) is 7.66. The summed E-state index contributed by atoms with van der Waals surface area (Å²) in [6, 6.07) is 10.2. The van der Waals surface area contributed by atoms with Gasteiger partial charge in [-0.15, -0.1) is 0 Å². The van der Waals surface area contributed by atoms with E-state index in [0.717, 1.165) is 5.56 Å². The van der Waals surface area contributed by atoms with Crippen LogP contribution in [0.15, 0.2) is 65.8 Å². The zero-order valence-electron chi connectivity index (χ0n) is 20.1. The normalized spacial score (nSPS) is 12.5. The van der Waals surface area contributed by atoms with Crippen molar-refractivity contribution in [2.75, 3.05) is 26.7 Å². The number of halogens is 3. The van der Waals surface area contributed by atoms with Gasteiger partial charge in [0.25, 0.3) is 5.91 Å². The third-order valence-corrected chi connectivity index (χ3v) is 7.54. The van der Waals surface area contributed by atoms with E-state index < -0.39 is 51.0 Å². The van der Waals surface area contributed by atoms with Crippen molar-refractivity contribution >= 4 is 27.5 Å².